The van der Waals surface area contributed by atoms with Gasteiger partial charge >= 0.3 is 0 Å². The lowest BCUT2D eigenvalue weighted by Crippen LogP contribution is -2.48. The molecule has 112 valence electrons. The fourth-order valence-electron chi connectivity index (χ4n) is 2.41. The lowest BCUT2D eigenvalue weighted by Gasteiger charge is -2.36. The van der Waals surface area contributed by atoms with Crippen molar-refractivity contribution in [2.45, 2.75) is 40.2 Å². The summed E-state index contributed by atoms with van der Waals surface area (Å²) in [4.78, 5) is 5.11. The third-order valence-electron chi connectivity index (χ3n) is 3.40. The van der Waals surface area contributed by atoms with Gasteiger partial charge in [0.05, 0.1) is 0 Å². The van der Waals surface area contributed by atoms with Crippen LogP contribution in [0.3, 0.4) is 0 Å². The minimum Gasteiger partial charge on any atom is -0.308 e. The van der Waals surface area contributed by atoms with Gasteiger partial charge in [-0.15, -0.1) is 0 Å². The van der Waals surface area contributed by atoms with E-state index in [2.05, 4.69) is 56.3 Å². The standard InChI is InChI=1S/C16H33N3/c1-14(2)12-18-7-9-19(10-8-18)13-15(3)11-17-16(4,5)6/h14,17H,3,7-13H2,1-2,4-6H3. The molecule has 3 heteroatoms. The first-order chi connectivity index (χ1) is 8.76. The SMILES string of the molecule is C=C(CNC(C)(C)C)CN1CCN(CC(C)C)CC1. The van der Waals surface area contributed by atoms with Crippen molar-refractivity contribution < 1.29 is 0 Å². The van der Waals surface area contributed by atoms with Crippen molar-refractivity contribution in [2.75, 3.05) is 45.8 Å². The molecule has 1 rings (SSSR count). The van der Waals surface area contributed by atoms with Crippen molar-refractivity contribution in [1.29, 1.82) is 0 Å². The molecule has 0 spiro atoms. The zero-order valence-electron chi connectivity index (χ0n) is 13.6. The predicted molar refractivity (Wildman–Crippen MR) is 84.6 cm³/mol. The molecule has 0 saturated carbocycles. The Morgan fingerprint density at radius 2 is 1.63 bits per heavy atom. The van der Waals surface area contributed by atoms with E-state index >= 15 is 0 Å². The molecule has 1 N–H and O–H groups in total. The molecule has 0 amide bonds. The second-order valence-electron chi connectivity index (χ2n) is 7.32. The summed E-state index contributed by atoms with van der Waals surface area (Å²) in [5.41, 5.74) is 1.48. The average molecular weight is 267 g/mol. The molecule has 1 saturated heterocycles. The van der Waals surface area contributed by atoms with Gasteiger partial charge in [0.1, 0.15) is 0 Å². The maximum Gasteiger partial charge on any atom is 0.0203 e. The van der Waals surface area contributed by atoms with Crippen LogP contribution in [-0.4, -0.2) is 61.2 Å². The summed E-state index contributed by atoms with van der Waals surface area (Å²) >= 11 is 0. The summed E-state index contributed by atoms with van der Waals surface area (Å²) in [5.74, 6) is 0.775. The number of rotatable bonds is 6. The Bertz CT molecular complexity index is 270. The Morgan fingerprint density at radius 3 is 2.11 bits per heavy atom. The van der Waals surface area contributed by atoms with Crippen LogP contribution in [0, 0.1) is 5.92 Å². The smallest absolute Gasteiger partial charge is 0.0203 e. The van der Waals surface area contributed by atoms with E-state index in [9.17, 15) is 0 Å². The molecule has 0 radical (unpaired) electrons. The van der Waals surface area contributed by atoms with Gasteiger partial charge in [0.15, 0.2) is 0 Å². The summed E-state index contributed by atoms with van der Waals surface area (Å²) in [6.07, 6.45) is 0. The highest BCUT2D eigenvalue weighted by Gasteiger charge is 2.18. The lowest BCUT2D eigenvalue weighted by atomic mass is 10.1. The van der Waals surface area contributed by atoms with E-state index in [0.29, 0.717) is 0 Å². The number of piperazine rings is 1. The molecule has 1 aliphatic rings. The van der Waals surface area contributed by atoms with E-state index in [-0.39, 0.29) is 5.54 Å². The van der Waals surface area contributed by atoms with Crippen molar-refractivity contribution in [3.05, 3.63) is 12.2 Å². The van der Waals surface area contributed by atoms with E-state index in [1.54, 1.807) is 0 Å². The van der Waals surface area contributed by atoms with Gasteiger partial charge in [0.25, 0.3) is 0 Å². The molecule has 19 heavy (non-hydrogen) atoms. The zero-order valence-corrected chi connectivity index (χ0v) is 13.6. The Kier molecular flexibility index (Phi) is 6.51. The topological polar surface area (TPSA) is 18.5 Å². The predicted octanol–water partition coefficient (Wildman–Crippen LogP) is 2.20. The minimum atomic E-state index is 0.179. The molecule has 1 heterocycles. The second-order valence-corrected chi connectivity index (χ2v) is 7.32. The van der Waals surface area contributed by atoms with Crippen molar-refractivity contribution in [3.63, 3.8) is 0 Å². The summed E-state index contributed by atoms with van der Waals surface area (Å²) in [7, 11) is 0. The number of hydrogen-bond donors (Lipinski definition) is 1. The summed E-state index contributed by atoms with van der Waals surface area (Å²) in [6.45, 7) is 23.4. The van der Waals surface area contributed by atoms with E-state index in [1.165, 1.54) is 38.3 Å². The first kappa shape index (κ1) is 16.7. The highest BCUT2D eigenvalue weighted by Crippen LogP contribution is 2.07. The molecule has 0 aromatic carbocycles. The van der Waals surface area contributed by atoms with E-state index in [4.69, 9.17) is 0 Å². The minimum absolute atomic E-state index is 0.179. The average Bonchev–Trinajstić information content (AvgIpc) is 2.28. The molecular formula is C16H33N3. The largest absolute Gasteiger partial charge is 0.308 e. The second kappa shape index (κ2) is 7.41. The van der Waals surface area contributed by atoms with Crippen LogP contribution < -0.4 is 5.32 Å². The maximum absolute atomic E-state index is 4.20. The molecule has 3 nitrogen and oxygen atoms in total. The third kappa shape index (κ3) is 7.71. The summed E-state index contributed by atoms with van der Waals surface area (Å²) in [5, 5.41) is 3.51. The van der Waals surface area contributed by atoms with Gasteiger partial charge in [-0.2, -0.15) is 0 Å². The number of nitrogens with zero attached hydrogens (tertiary/aromatic N) is 2. The fourth-order valence-corrected chi connectivity index (χ4v) is 2.41. The zero-order chi connectivity index (χ0) is 14.5. The third-order valence-corrected chi connectivity index (χ3v) is 3.40. The van der Waals surface area contributed by atoms with E-state index < -0.39 is 0 Å². The van der Waals surface area contributed by atoms with Gasteiger partial charge in [-0.25, -0.2) is 0 Å². The highest BCUT2D eigenvalue weighted by molar-refractivity contribution is 5.01. The van der Waals surface area contributed by atoms with Crippen LogP contribution in [0.1, 0.15) is 34.6 Å². The van der Waals surface area contributed by atoms with Crippen LogP contribution in [0.25, 0.3) is 0 Å². The normalized spacial score (nSPS) is 19.1. The van der Waals surface area contributed by atoms with Crippen LogP contribution in [0.5, 0.6) is 0 Å². The molecule has 0 aromatic heterocycles. The van der Waals surface area contributed by atoms with Gasteiger partial charge < -0.3 is 10.2 Å². The van der Waals surface area contributed by atoms with Crippen LogP contribution in [0.2, 0.25) is 0 Å². The number of hydrogen-bond acceptors (Lipinski definition) is 3. The van der Waals surface area contributed by atoms with Crippen LogP contribution in [0.15, 0.2) is 12.2 Å². The molecule has 0 aromatic rings. The first-order valence-electron chi connectivity index (χ1n) is 7.62. The molecule has 0 atom stereocenters. The Morgan fingerprint density at radius 1 is 1.11 bits per heavy atom. The maximum atomic E-state index is 4.20. The Balaban J connectivity index is 2.20. The Hall–Kier alpha value is -0.380. The van der Waals surface area contributed by atoms with E-state index in [0.717, 1.165) is 19.0 Å². The monoisotopic (exact) mass is 267 g/mol. The first-order valence-corrected chi connectivity index (χ1v) is 7.62. The molecule has 0 bridgehead atoms. The van der Waals surface area contributed by atoms with Crippen molar-refractivity contribution in [2.24, 2.45) is 5.92 Å². The Labute approximate surface area is 120 Å². The molecular weight excluding hydrogens is 234 g/mol. The van der Waals surface area contributed by atoms with Crippen LogP contribution >= 0.6 is 0 Å². The molecule has 1 aliphatic heterocycles. The molecule has 0 unspecified atom stereocenters. The van der Waals surface area contributed by atoms with E-state index in [1.807, 2.05) is 0 Å². The lowest BCUT2D eigenvalue weighted by molar-refractivity contribution is 0.129. The van der Waals surface area contributed by atoms with Gasteiger partial charge in [0, 0.05) is 51.4 Å². The molecule has 1 fully saturated rings. The quantitative estimate of drug-likeness (QED) is 0.744. The van der Waals surface area contributed by atoms with Crippen molar-refractivity contribution in [1.82, 2.24) is 15.1 Å². The summed E-state index contributed by atoms with van der Waals surface area (Å²) < 4.78 is 0. The van der Waals surface area contributed by atoms with Crippen LogP contribution in [-0.2, 0) is 0 Å². The van der Waals surface area contributed by atoms with Gasteiger partial charge in [0.2, 0.25) is 0 Å². The summed E-state index contributed by atoms with van der Waals surface area (Å²) in [6, 6.07) is 0. The van der Waals surface area contributed by atoms with Crippen molar-refractivity contribution in [3.8, 4) is 0 Å². The fraction of sp³-hybridized carbons (Fsp3) is 0.875. The van der Waals surface area contributed by atoms with Gasteiger partial charge in [-0.1, -0.05) is 20.4 Å². The van der Waals surface area contributed by atoms with Gasteiger partial charge in [-0.3, -0.25) is 4.90 Å². The van der Waals surface area contributed by atoms with Crippen molar-refractivity contribution >= 4 is 0 Å². The van der Waals surface area contributed by atoms with Crippen LogP contribution in [0.4, 0.5) is 0 Å². The highest BCUT2D eigenvalue weighted by atomic mass is 15.3. The number of nitrogens with one attached hydrogen (secondary N) is 1. The van der Waals surface area contributed by atoms with Gasteiger partial charge in [-0.05, 0) is 32.3 Å². The molecule has 0 aliphatic carbocycles.